The van der Waals surface area contributed by atoms with Gasteiger partial charge in [0.25, 0.3) is 5.56 Å². The summed E-state index contributed by atoms with van der Waals surface area (Å²) in [5, 5.41) is 11.6. The molecule has 0 amide bonds. The Labute approximate surface area is 150 Å². The van der Waals surface area contributed by atoms with Crippen molar-refractivity contribution in [2.75, 3.05) is 13.2 Å². The molecule has 8 nitrogen and oxygen atoms in total. The van der Waals surface area contributed by atoms with E-state index in [9.17, 15) is 13.2 Å². The largest absolute Gasteiger partial charge is 0.395 e. The van der Waals surface area contributed by atoms with Gasteiger partial charge in [-0.05, 0) is 17.7 Å². The van der Waals surface area contributed by atoms with Gasteiger partial charge in [0.15, 0.2) is 5.82 Å². The van der Waals surface area contributed by atoms with Crippen LogP contribution in [0.5, 0.6) is 0 Å². The number of pyridine rings is 1. The lowest BCUT2D eigenvalue weighted by Crippen LogP contribution is -2.27. The lowest BCUT2D eigenvalue weighted by Gasteiger charge is -2.06. The van der Waals surface area contributed by atoms with E-state index in [1.54, 1.807) is 6.20 Å². The van der Waals surface area contributed by atoms with Crippen molar-refractivity contribution in [1.82, 2.24) is 19.5 Å². The molecule has 0 fully saturated rings. The number of H-pyrrole nitrogens is 1. The van der Waals surface area contributed by atoms with Gasteiger partial charge in [-0.1, -0.05) is 30.3 Å². The summed E-state index contributed by atoms with van der Waals surface area (Å²) in [4.78, 5) is 16.5. The molecule has 1 aromatic carbocycles. The number of sulfonamides is 1. The maximum absolute atomic E-state index is 12.5. The molecular formula is C17H18N4O4S. The summed E-state index contributed by atoms with van der Waals surface area (Å²) in [6.07, 6.45) is 3.27. The highest BCUT2D eigenvalue weighted by molar-refractivity contribution is 7.89. The Kier molecular flexibility index (Phi) is 5.31. The van der Waals surface area contributed by atoms with E-state index in [0.717, 1.165) is 5.56 Å². The zero-order valence-corrected chi connectivity index (χ0v) is 14.6. The third kappa shape index (κ3) is 3.90. The van der Waals surface area contributed by atoms with Gasteiger partial charge in [-0.15, -0.1) is 0 Å². The fourth-order valence-corrected chi connectivity index (χ4v) is 3.41. The number of nitrogens with one attached hydrogen (secondary N) is 2. The summed E-state index contributed by atoms with van der Waals surface area (Å²) in [5.74, 6) is 0.287. The Morgan fingerprint density at radius 3 is 2.58 bits per heavy atom. The van der Waals surface area contributed by atoms with Crippen LogP contribution in [0.4, 0.5) is 0 Å². The summed E-state index contributed by atoms with van der Waals surface area (Å²) in [5.41, 5.74) is 1.36. The Balaban J connectivity index is 1.83. The zero-order chi connectivity index (χ0) is 18.6. The first kappa shape index (κ1) is 18.1. The van der Waals surface area contributed by atoms with Gasteiger partial charge in [-0.3, -0.25) is 9.89 Å². The van der Waals surface area contributed by atoms with E-state index in [1.807, 2.05) is 30.3 Å². The molecule has 136 valence electrons. The number of aromatic nitrogens is 3. The molecule has 0 atom stereocenters. The number of benzene rings is 1. The van der Waals surface area contributed by atoms with E-state index < -0.39 is 10.0 Å². The van der Waals surface area contributed by atoms with Crippen molar-refractivity contribution in [3.05, 3.63) is 76.3 Å². The van der Waals surface area contributed by atoms with Crippen LogP contribution in [0.15, 0.2) is 64.5 Å². The molecule has 0 saturated carbocycles. The number of nitrogens with zero attached hydrogens (tertiary/aromatic N) is 2. The molecule has 0 radical (unpaired) electrons. The van der Waals surface area contributed by atoms with Crippen molar-refractivity contribution in [2.45, 2.75) is 11.3 Å². The predicted molar refractivity (Wildman–Crippen MR) is 95.7 cm³/mol. The molecule has 2 aromatic heterocycles. The molecular weight excluding hydrogens is 356 g/mol. The standard InChI is InChI=1S/C17H18N4O4S/c22-9-8-20-26(24,25)15-6-7-16(18-12-15)21-17(23)14(11-19-21)10-13-4-2-1-3-5-13/h1-7,11-12,19-20,22H,8-10H2. The molecule has 0 unspecified atom stereocenters. The van der Waals surface area contributed by atoms with Crippen LogP contribution >= 0.6 is 0 Å². The minimum absolute atomic E-state index is 0.0428. The molecule has 0 saturated heterocycles. The van der Waals surface area contributed by atoms with Crippen molar-refractivity contribution < 1.29 is 13.5 Å². The number of hydrogen-bond donors (Lipinski definition) is 3. The lowest BCUT2D eigenvalue weighted by molar-refractivity contribution is 0.301. The predicted octanol–water partition coefficient (Wildman–Crippen LogP) is 0.422. The smallest absolute Gasteiger partial charge is 0.276 e. The molecule has 0 aliphatic heterocycles. The number of rotatable bonds is 7. The second kappa shape index (κ2) is 7.65. The molecule has 9 heteroatoms. The van der Waals surface area contributed by atoms with Gasteiger partial charge in [0.2, 0.25) is 10.0 Å². The van der Waals surface area contributed by atoms with Crippen molar-refractivity contribution >= 4 is 10.0 Å². The van der Waals surface area contributed by atoms with Gasteiger partial charge < -0.3 is 5.11 Å². The second-order valence-corrected chi connectivity index (χ2v) is 7.34. The average Bonchev–Trinajstić information content (AvgIpc) is 3.01. The van der Waals surface area contributed by atoms with Crippen molar-refractivity contribution in [3.8, 4) is 5.82 Å². The summed E-state index contributed by atoms with van der Waals surface area (Å²) < 4.78 is 27.4. The van der Waals surface area contributed by atoms with Gasteiger partial charge >= 0.3 is 0 Å². The summed E-state index contributed by atoms with van der Waals surface area (Å²) in [6.45, 7) is -0.379. The first-order chi connectivity index (χ1) is 12.5. The van der Waals surface area contributed by atoms with E-state index in [-0.39, 0.29) is 29.4 Å². The second-order valence-electron chi connectivity index (χ2n) is 5.58. The van der Waals surface area contributed by atoms with Gasteiger partial charge in [-0.25, -0.2) is 22.8 Å². The van der Waals surface area contributed by atoms with E-state index >= 15 is 0 Å². The maximum Gasteiger partial charge on any atom is 0.276 e. The van der Waals surface area contributed by atoms with E-state index in [4.69, 9.17) is 5.11 Å². The van der Waals surface area contributed by atoms with E-state index in [2.05, 4.69) is 14.8 Å². The fraction of sp³-hybridized carbons (Fsp3) is 0.176. The average molecular weight is 374 g/mol. The molecule has 0 aliphatic rings. The highest BCUT2D eigenvalue weighted by Gasteiger charge is 2.15. The van der Waals surface area contributed by atoms with Crippen LogP contribution < -0.4 is 10.3 Å². The molecule has 3 N–H and O–H groups in total. The number of aromatic amines is 1. The summed E-state index contributed by atoms with van der Waals surface area (Å²) in [6, 6.07) is 12.4. The zero-order valence-electron chi connectivity index (χ0n) is 13.8. The van der Waals surface area contributed by atoms with Gasteiger partial charge in [0.05, 0.1) is 6.61 Å². The quantitative estimate of drug-likeness (QED) is 0.554. The monoisotopic (exact) mass is 374 g/mol. The molecule has 3 aromatic rings. The molecule has 3 rings (SSSR count). The van der Waals surface area contributed by atoms with Crippen molar-refractivity contribution in [3.63, 3.8) is 0 Å². The number of aliphatic hydroxyl groups excluding tert-OH is 1. The number of aliphatic hydroxyl groups is 1. The topological polar surface area (TPSA) is 117 Å². The molecule has 26 heavy (non-hydrogen) atoms. The van der Waals surface area contributed by atoms with Crippen LogP contribution in [0.1, 0.15) is 11.1 Å². The van der Waals surface area contributed by atoms with Crippen LogP contribution in [-0.4, -0.2) is 41.4 Å². The summed E-state index contributed by atoms with van der Waals surface area (Å²) >= 11 is 0. The molecule has 0 bridgehead atoms. The third-order valence-corrected chi connectivity index (χ3v) is 5.19. The van der Waals surface area contributed by atoms with Crippen molar-refractivity contribution in [1.29, 1.82) is 0 Å². The Bertz CT molecular complexity index is 1020. The molecule has 2 heterocycles. The highest BCUT2D eigenvalue weighted by Crippen LogP contribution is 2.10. The van der Waals surface area contributed by atoms with Gasteiger partial charge in [0, 0.05) is 30.9 Å². The first-order valence-corrected chi connectivity index (χ1v) is 9.40. The Morgan fingerprint density at radius 1 is 1.15 bits per heavy atom. The fourth-order valence-electron chi connectivity index (χ4n) is 2.45. The van der Waals surface area contributed by atoms with Crippen LogP contribution in [0.3, 0.4) is 0 Å². The maximum atomic E-state index is 12.5. The normalized spacial score (nSPS) is 11.6. The number of hydrogen-bond acceptors (Lipinski definition) is 5. The summed E-state index contributed by atoms with van der Waals surface area (Å²) in [7, 11) is -3.74. The minimum Gasteiger partial charge on any atom is -0.395 e. The SMILES string of the molecule is O=c1c(Cc2ccccc2)c[nH]n1-c1ccc(S(=O)(=O)NCCO)cn1. The minimum atomic E-state index is -3.74. The lowest BCUT2D eigenvalue weighted by atomic mass is 10.1. The third-order valence-electron chi connectivity index (χ3n) is 3.75. The van der Waals surface area contributed by atoms with Gasteiger partial charge in [-0.2, -0.15) is 0 Å². The van der Waals surface area contributed by atoms with Crippen LogP contribution in [0.2, 0.25) is 0 Å². The Morgan fingerprint density at radius 2 is 1.92 bits per heavy atom. The highest BCUT2D eigenvalue weighted by atomic mass is 32.2. The van der Waals surface area contributed by atoms with Crippen LogP contribution in [0.25, 0.3) is 5.82 Å². The van der Waals surface area contributed by atoms with E-state index in [0.29, 0.717) is 12.0 Å². The van der Waals surface area contributed by atoms with Crippen LogP contribution in [0, 0.1) is 0 Å². The first-order valence-electron chi connectivity index (χ1n) is 7.91. The van der Waals surface area contributed by atoms with Gasteiger partial charge in [0.1, 0.15) is 4.90 Å². The van der Waals surface area contributed by atoms with E-state index in [1.165, 1.54) is 23.0 Å². The van der Waals surface area contributed by atoms with Crippen molar-refractivity contribution in [2.24, 2.45) is 0 Å². The Hall–Kier alpha value is -2.75. The molecule has 0 aliphatic carbocycles. The molecule has 0 spiro atoms. The van der Waals surface area contributed by atoms with Crippen LogP contribution in [-0.2, 0) is 16.4 Å².